The molecule has 0 aromatic heterocycles. The van der Waals surface area contributed by atoms with Crippen LogP contribution >= 0.6 is 0 Å². The van der Waals surface area contributed by atoms with Crippen LogP contribution in [0.15, 0.2) is 12.2 Å². The third kappa shape index (κ3) is 8.18. The van der Waals surface area contributed by atoms with Crippen LogP contribution in [0.4, 0.5) is 0 Å². The number of rotatable bonds is 8. The number of hydrogen-bond donors (Lipinski definition) is 1. The van der Waals surface area contributed by atoms with E-state index >= 15 is 0 Å². The van der Waals surface area contributed by atoms with E-state index in [4.69, 9.17) is 4.74 Å². The van der Waals surface area contributed by atoms with E-state index in [9.17, 15) is 9.90 Å². The molecule has 0 bridgehead atoms. The number of unbranched alkanes of at least 4 members (excludes halogenated alkanes) is 3. The molecule has 0 aliphatic rings. The smallest absolute Gasteiger partial charge is 0.302 e. The van der Waals surface area contributed by atoms with Crippen molar-refractivity contribution in [1.82, 2.24) is 0 Å². The molecule has 0 saturated heterocycles. The van der Waals surface area contributed by atoms with Crippen LogP contribution in [0, 0.1) is 0 Å². The molecule has 3 heteroatoms. The first-order chi connectivity index (χ1) is 7.07. The van der Waals surface area contributed by atoms with Crippen molar-refractivity contribution < 1.29 is 14.6 Å². The summed E-state index contributed by atoms with van der Waals surface area (Å²) in [6.45, 7) is 7.32. The van der Waals surface area contributed by atoms with Gasteiger partial charge < -0.3 is 9.84 Å². The molecule has 0 rings (SSSR count). The van der Waals surface area contributed by atoms with Gasteiger partial charge in [-0.3, -0.25) is 4.79 Å². The largest absolute Gasteiger partial charge is 0.461 e. The van der Waals surface area contributed by atoms with Gasteiger partial charge in [-0.15, -0.1) is 0 Å². The van der Waals surface area contributed by atoms with Crippen molar-refractivity contribution in [2.75, 3.05) is 6.61 Å². The predicted molar refractivity (Wildman–Crippen MR) is 60.5 cm³/mol. The van der Waals surface area contributed by atoms with Crippen LogP contribution in [0.2, 0.25) is 0 Å². The SMILES string of the molecule is C=C(COC(C)=O)C(O)CCCCCC. The Bertz CT molecular complexity index is 199. The number of hydrogen-bond acceptors (Lipinski definition) is 3. The zero-order chi connectivity index (χ0) is 11.7. The van der Waals surface area contributed by atoms with Gasteiger partial charge in [0.15, 0.2) is 0 Å². The van der Waals surface area contributed by atoms with Gasteiger partial charge in [0.2, 0.25) is 0 Å². The van der Waals surface area contributed by atoms with Crippen LogP contribution in [-0.2, 0) is 9.53 Å². The Morgan fingerprint density at radius 2 is 2.07 bits per heavy atom. The van der Waals surface area contributed by atoms with Crippen molar-refractivity contribution in [3.8, 4) is 0 Å². The minimum absolute atomic E-state index is 0.129. The lowest BCUT2D eigenvalue weighted by atomic mass is 10.0. The minimum atomic E-state index is -0.541. The fourth-order valence-electron chi connectivity index (χ4n) is 1.26. The average Bonchev–Trinajstić information content (AvgIpc) is 2.20. The Morgan fingerprint density at radius 1 is 1.40 bits per heavy atom. The Hall–Kier alpha value is -0.830. The van der Waals surface area contributed by atoms with E-state index in [1.165, 1.54) is 19.8 Å². The van der Waals surface area contributed by atoms with Crippen LogP contribution in [0.5, 0.6) is 0 Å². The van der Waals surface area contributed by atoms with Gasteiger partial charge >= 0.3 is 5.97 Å². The minimum Gasteiger partial charge on any atom is -0.461 e. The lowest BCUT2D eigenvalue weighted by Gasteiger charge is -2.13. The van der Waals surface area contributed by atoms with Crippen LogP contribution in [-0.4, -0.2) is 23.8 Å². The van der Waals surface area contributed by atoms with Gasteiger partial charge in [-0.25, -0.2) is 0 Å². The van der Waals surface area contributed by atoms with Crippen LogP contribution in [0.1, 0.15) is 46.0 Å². The van der Waals surface area contributed by atoms with Crippen molar-refractivity contribution in [2.24, 2.45) is 0 Å². The molecule has 88 valence electrons. The van der Waals surface area contributed by atoms with E-state index in [0.717, 1.165) is 12.8 Å². The summed E-state index contributed by atoms with van der Waals surface area (Å²) in [6.07, 6.45) is 4.68. The highest BCUT2D eigenvalue weighted by atomic mass is 16.5. The zero-order valence-electron chi connectivity index (χ0n) is 9.79. The van der Waals surface area contributed by atoms with Crippen LogP contribution < -0.4 is 0 Å². The first-order valence-corrected chi connectivity index (χ1v) is 5.57. The maximum atomic E-state index is 10.5. The van der Waals surface area contributed by atoms with Gasteiger partial charge in [0.25, 0.3) is 0 Å². The van der Waals surface area contributed by atoms with E-state index in [0.29, 0.717) is 12.0 Å². The lowest BCUT2D eigenvalue weighted by Crippen LogP contribution is -2.15. The fourth-order valence-corrected chi connectivity index (χ4v) is 1.26. The van der Waals surface area contributed by atoms with Crippen LogP contribution in [0.25, 0.3) is 0 Å². The lowest BCUT2D eigenvalue weighted by molar-refractivity contribution is -0.140. The van der Waals surface area contributed by atoms with Crippen LogP contribution in [0.3, 0.4) is 0 Å². The highest BCUT2D eigenvalue weighted by molar-refractivity contribution is 5.66. The molecule has 0 spiro atoms. The van der Waals surface area contributed by atoms with Gasteiger partial charge in [-0.05, 0) is 12.0 Å². The summed E-state index contributed by atoms with van der Waals surface area (Å²) in [5.74, 6) is -0.339. The Morgan fingerprint density at radius 3 is 2.60 bits per heavy atom. The normalized spacial score (nSPS) is 12.2. The summed E-state index contributed by atoms with van der Waals surface area (Å²) >= 11 is 0. The average molecular weight is 214 g/mol. The van der Waals surface area contributed by atoms with Crippen molar-refractivity contribution in [2.45, 2.75) is 52.1 Å². The highest BCUT2D eigenvalue weighted by Crippen LogP contribution is 2.11. The summed E-state index contributed by atoms with van der Waals surface area (Å²) in [6, 6.07) is 0. The molecule has 0 aromatic rings. The molecule has 0 aliphatic carbocycles. The molecular formula is C12H22O3. The summed E-state index contributed by atoms with van der Waals surface area (Å²) in [5.41, 5.74) is 0.585. The standard InChI is InChI=1S/C12H22O3/c1-4-5-6-7-8-12(14)10(2)9-15-11(3)13/h12,14H,2,4-9H2,1,3H3. The third-order valence-corrected chi connectivity index (χ3v) is 2.26. The second-order valence-corrected chi connectivity index (χ2v) is 3.80. The number of aliphatic hydroxyl groups is 1. The number of ether oxygens (including phenoxy) is 1. The molecule has 3 nitrogen and oxygen atoms in total. The first-order valence-electron chi connectivity index (χ1n) is 5.57. The molecular weight excluding hydrogens is 192 g/mol. The van der Waals surface area contributed by atoms with Gasteiger partial charge in [0.05, 0.1) is 6.10 Å². The second kappa shape index (κ2) is 8.48. The molecule has 15 heavy (non-hydrogen) atoms. The topological polar surface area (TPSA) is 46.5 Å². The molecule has 1 N–H and O–H groups in total. The molecule has 0 saturated carbocycles. The maximum Gasteiger partial charge on any atom is 0.302 e. The Labute approximate surface area is 92.1 Å². The van der Waals surface area contributed by atoms with Crippen molar-refractivity contribution >= 4 is 5.97 Å². The van der Waals surface area contributed by atoms with Gasteiger partial charge in [-0.1, -0.05) is 39.2 Å². The quantitative estimate of drug-likeness (QED) is 0.383. The van der Waals surface area contributed by atoms with Gasteiger partial charge in [0.1, 0.15) is 6.61 Å². The zero-order valence-corrected chi connectivity index (χ0v) is 9.79. The van der Waals surface area contributed by atoms with E-state index < -0.39 is 6.10 Å². The third-order valence-electron chi connectivity index (χ3n) is 2.26. The monoisotopic (exact) mass is 214 g/mol. The molecule has 0 aliphatic heterocycles. The molecule has 1 atom stereocenters. The Kier molecular flexibility index (Phi) is 8.01. The van der Waals surface area contributed by atoms with E-state index in [1.807, 2.05) is 0 Å². The molecule has 0 aromatic carbocycles. The summed E-state index contributed by atoms with van der Waals surface area (Å²) < 4.78 is 4.75. The molecule has 1 unspecified atom stereocenters. The summed E-state index contributed by atoms with van der Waals surface area (Å²) in [5, 5.41) is 9.64. The number of carbonyl (C=O) groups excluding carboxylic acids is 1. The Balaban J connectivity index is 3.55. The number of aliphatic hydroxyl groups excluding tert-OH is 1. The highest BCUT2D eigenvalue weighted by Gasteiger charge is 2.09. The van der Waals surface area contributed by atoms with Crippen molar-refractivity contribution in [1.29, 1.82) is 0 Å². The summed E-state index contributed by atoms with van der Waals surface area (Å²) in [7, 11) is 0. The number of carbonyl (C=O) groups is 1. The van der Waals surface area contributed by atoms with Gasteiger partial charge in [-0.2, -0.15) is 0 Å². The van der Waals surface area contributed by atoms with E-state index in [-0.39, 0.29) is 12.6 Å². The summed E-state index contributed by atoms with van der Waals surface area (Å²) in [4.78, 5) is 10.5. The molecule has 0 heterocycles. The predicted octanol–water partition coefficient (Wildman–Crippen LogP) is 2.44. The molecule has 0 fully saturated rings. The first kappa shape index (κ1) is 14.2. The van der Waals surface area contributed by atoms with Gasteiger partial charge in [0, 0.05) is 6.92 Å². The fraction of sp³-hybridized carbons (Fsp3) is 0.750. The second-order valence-electron chi connectivity index (χ2n) is 3.80. The molecule has 0 radical (unpaired) electrons. The van der Waals surface area contributed by atoms with E-state index in [1.54, 1.807) is 0 Å². The van der Waals surface area contributed by atoms with Crippen molar-refractivity contribution in [3.05, 3.63) is 12.2 Å². The maximum absolute atomic E-state index is 10.5. The number of esters is 1. The van der Waals surface area contributed by atoms with E-state index in [2.05, 4.69) is 13.5 Å². The molecule has 0 amide bonds. The van der Waals surface area contributed by atoms with Crippen molar-refractivity contribution in [3.63, 3.8) is 0 Å².